The topological polar surface area (TPSA) is 61.0 Å². The molecule has 0 saturated heterocycles. The highest BCUT2D eigenvalue weighted by Crippen LogP contribution is 2.31. The summed E-state index contributed by atoms with van der Waals surface area (Å²) in [6, 6.07) is 4.54. The van der Waals surface area contributed by atoms with E-state index in [0.29, 0.717) is 5.02 Å². The number of rotatable bonds is 2. The molecule has 7 heteroatoms. The van der Waals surface area contributed by atoms with Crippen LogP contribution in [0.2, 0.25) is 10.0 Å². The Hall–Kier alpha value is -1.59. The zero-order valence-electron chi connectivity index (χ0n) is 8.32. The van der Waals surface area contributed by atoms with E-state index < -0.39 is 5.82 Å². The van der Waals surface area contributed by atoms with Crippen LogP contribution in [0.3, 0.4) is 0 Å². The predicted molar refractivity (Wildman–Crippen MR) is 62.9 cm³/mol. The Bertz CT molecular complexity index is 565. The highest BCUT2D eigenvalue weighted by molar-refractivity contribution is 6.35. The Balaban J connectivity index is 2.34. The van der Waals surface area contributed by atoms with Gasteiger partial charge in [0.05, 0.1) is 11.2 Å². The van der Waals surface area contributed by atoms with Gasteiger partial charge in [-0.3, -0.25) is 0 Å². The van der Waals surface area contributed by atoms with Crippen molar-refractivity contribution in [2.45, 2.75) is 0 Å². The number of nitrogen functional groups attached to an aromatic ring is 1. The van der Waals surface area contributed by atoms with Gasteiger partial charge in [0.25, 0.3) is 5.88 Å². The lowest BCUT2D eigenvalue weighted by Crippen LogP contribution is -1.99. The van der Waals surface area contributed by atoms with E-state index >= 15 is 0 Å². The van der Waals surface area contributed by atoms with Crippen molar-refractivity contribution in [3.8, 4) is 11.6 Å². The van der Waals surface area contributed by atoms with Gasteiger partial charge in [0, 0.05) is 5.02 Å². The van der Waals surface area contributed by atoms with E-state index in [9.17, 15) is 4.39 Å². The number of anilines is 1. The zero-order chi connectivity index (χ0) is 12.4. The SMILES string of the molecule is Nc1ncc(F)c(Oc2ccc(Cl)cc2Cl)n1. The molecule has 0 aliphatic rings. The summed E-state index contributed by atoms with van der Waals surface area (Å²) in [5.41, 5.74) is 5.32. The first kappa shape index (κ1) is 11.9. The molecule has 0 spiro atoms. The van der Waals surface area contributed by atoms with Crippen LogP contribution in [0.15, 0.2) is 24.4 Å². The van der Waals surface area contributed by atoms with Crippen molar-refractivity contribution in [2.75, 3.05) is 5.73 Å². The molecule has 0 bridgehead atoms. The van der Waals surface area contributed by atoms with Crippen LogP contribution in [0.5, 0.6) is 11.6 Å². The van der Waals surface area contributed by atoms with E-state index in [1.165, 1.54) is 12.1 Å². The average Bonchev–Trinajstić information content (AvgIpc) is 2.27. The fraction of sp³-hybridized carbons (Fsp3) is 0. The minimum Gasteiger partial charge on any atom is -0.435 e. The number of halogens is 3. The fourth-order valence-electron chi connectivity index (χ4n) is 1.10. The van der Waals surface area contributed by atoms with Crippen LogP contribution in [-0.4, -0.2) is 9.97 Å². The van der Waals surface area contributed by atoms with Gasteiger partial charge < -0.3 is 10.5 Å². The van der Waals surface area contributed by atoms with Gasteiger partial charge in [0.1, 0.15) is 5.75 Å². The molecule has 0 radical (unpaired) electrons. The molecule has 0 fully saturated rings. The summed E-state index contributed by atoms with van der Waals surface area (Å²) >= 11 is 11.6. The van der Waals surface area contributed by atoms with Crippen LogP contribution in [-0.2, 0) is 0 Å². The molecule has 2 N–H and O–H groups in total. The Labute approximate surface area is 106 Å². The molecule has 1 heterocycles. The highest BCUT2D eigenvalue weighted by atomic mass is 35.5. The lowest BCUT2D eigenvalue weighted by atomic mass is 10.3. The van der Waals surface area contributed by atoms with Crippen molar-refractivity contribution in [2.24, 2.45) is 0 Å². The van der Waals surface area contributed by atoms with Gasteiger partial charge in [-0.1, -0.05) is 23.2 Å². The fourth-order valence-corrected chi connectivity index (χ4v) is 1.55. The molecule has 88 valence electrons. The monoisotopic (exact) mass is 273 g/mol. The molecule has 0 unspecified atom stereocenters. The molecule has 17 heavy (non-hydrogen) atoms. The highest BCUT2D eigenvalue weighted by Gasteiger charge is 2.10. The average molecular weight is 274 g/mol. The minimum atomic E-state index is -0.731. The van der Waals surface area contributed by atoms with E-state index in [1.807, 2.05) is 0 Å². The number of hydrogen-bond acceptors (Lipinski definition) is 4. The van der Waals surface area contributed by atoms with Gasteiger partial charge in [-0.25, -0.2) is 4.98 Å². The number of nitrogens with zero attached hydrogens (tertiary/aromatic N) is 2. The first-order valence-corrected chi connectivity index (χ1v) is 5.23. The first-order chi connectivity index (χ1) is 8.06. The Morgan fingerprint density at radius 2 is 2.06 bits per heavy atom. The van der Waals surface area contributed by atoms with E-state index in [0.717, 1.165) is 6.20 Å². The molecule has 4 nitrogen and oxygen atoms in total. The Morgan fingerprint density at radius 1 is 1.29 bits per heavy atom. The summed E-state index contributed by atoms with van der Waals surface area (Å²) in [4.78, 5) is 7.08. The maximum Gasteiger partial charge on any atom is 0.260 e. The summed E-state index contributed by atoms with van der Waals surface area (Å²) in [7, 11) is 0. The molecule has 0 atom stereocenters. The van der Waals surface area contributed by atoms with Crippen molar-refractivity contribution >= 4 is 29.2 Å². The molecule has 0 aliphatic carbocycles. The van der Waals surface area contributed by atoms with Gasteiger partial charge in [-0.05, 0) is 18.2 Å². The van der Waals surface area contributed by atoms with Crippen LogP contribution in [0.25, 0.3) is 0 Å². The zero-order valence-corrected chi connectivity index (χ0v) is 9.84. The van der Waals surface area contributed by atoms with Crippen molar-refractivity contribution in [3.05, 3.63) is 40.3 Å². The van der Waals surface area contributed by atoms with Gasteiger partial charge in [0.15, 0.2) is 0 Å². The van der Waals surface area contributed by atoms with Gasteiger partial charge in [0.2, 0.25) is 11.8 Å². The van der Waals surface area contributed by atoms with Crippen molar-refractivity contribution < 1.29 is 9.13 Å². The molecule has 0 aliphatic heterocycles. The number of benzene rings is 1. The molecule has 2 aromatic rings. The normalized spacial score (nSPS) is 10.3. The van der Waals surface area contributed by atoms with Crippen LogP contribution < -0.4 is 10.5 Å². The summed E-state index contributed by atoms with van der Waals surface area (Å²) in [6.07, 6.45) is 0.918. The maximum atomic E-state index is 13.3. The Morgan fingerprint density at radius 3 is 2.76 bits per heavy atom. The Kier molecular flexibility index (Phi) is 3.31. The summed E-state index contributed by atoms with van der Waals surface area (Å²) < 4.78 is 18.5. The first-order valence-electron chi connectivity index (χ1n) is 4.47. The molecule has 1 aromatic carbocycles. The second kappa shape index (κ2) is 4.73. The molecular weight excluding hydrogens is 268 g/mol. The summed E-state index contributed by atoms with van der Waals surface area (Å²) in [5.74, 6) is -0.883. The summed E-state index contributed by atoms with van der Waals surface area (Å²) in [6.45, 7) is 0. The lowest BCUT2D eigenvalue weighted by molar-refractivity contribution is 0.421. The van der Waals surface area contributed by atoms with Crippen molar-refractivity contribution in [3.63, 3.8) is 0 Å². The van der Waals surface area contributed by atoms with E-state index in [4.69, 9.17) is 33.7 Å². The lowest BCUT2D eigenvalue weighted by Gasteiger charge is -2.07. The number of nitrogens with two attached hydrogens (primary N) is 1. The summed E-state index contributed by atoms with van der Waals surface area (Å²) in [5, 5.41) is 0.694. The third-order valence-corrected chi connectivity index (χ3v) is 2.36. The van der Waals surface area contributed by atoms with Crippen LogP contribution in [0.1, 0.15) is 0 Å². The van der Waals surface area contributed by atoms with E-state index in [-0.39, 0.29) is 22.6 Å². The largest absolute Gasteiger partial charge is 0.435 e. The van der Waals surface area contributed by atoms with Crippen LogP contribution >= 0.6 is 23.2 Å². The van der Waals surface area contributed by atoms with Gasteiger partial charge >= 0.3 is 0 Å². The number of hydrogen-bond donors (Lipinski definition) is 1. The molecular formula is C10H6Cl2FN3O. The second-order valence-electron chi connectivity index (χ2n) is 3.06. The van der Waals surface area contributed by atoms with E-state index in [2.05, 4.69) is 9.97 Å². The molecule has 2 rings (SSSR count). The van der Waals surface area contributed by atoms with Gasteiger partial charge in [-0.2, -0.15) is 9.37 Å². The third-order valence-electron chi connectivity index (χ3n) is 1.83. The van der Waals surface area contributed by atoms with Crippen LogP contribution in [0, 0.1) is 5.82 Å². The number of aromatic nitrogens is 2. The minimum absolute atomic E-state index is 0.0912. The maximum absolute atomic E-state index is 13.3. The quantitative estimate of drug-likeness (QED) is 0.912. The van der Waals surface area contributed by atoms with E-state index in [1.54, 1.807) is 6.07 Å². The predicted octanol–water partition coefficient (Wildman–Crippen LogP) is 3.30. The molecule has 0 amide bonds. The molecule has 1 aromatic heterocycles. The smallest absolute Gasteiger partial charge is 0.260 e. The standard InChI is InChI=1S/C10H6Cl2FN3O/c11-5-1-2-8(6(12)3-5)17-9-7(13)4-15-10(14)16-9/h1-4H,(H2,14,15,16). The number of ether oxygens (including phenoxy) is 1. The third kappa shape index (κ3) is 2.75. The van der Waals surface area contributed by atoms with Crippen LogP contribution in [0.4, 0.5) is 10.3 Å². The van der Waals surface area contributed by atoms with Crippen molar-refractivity contribution in [1.82, 2.24) is 9.97 Å². The van der Waals surface area contributed by atoms with Crippen molar-refractivity contribution in [1.29, 1.82) is 0 Å². The second-order valence-corrected chi connectivity index (χ2v) is 3.90. The van der Waals surface area contributed by atoms with Gasteiger partial charge in [-0.15, -0.1) is 0 Å². The molecule has 0 saturated carbocycles.